The van der Waals surface area contributed by atoms with Gasteiger partial charge in [-0.3, -0.25) is 0 Å². The van der Waals surface area contributed by atoms with Crippen LogP contribution in [0.5, 0.6) is 11.8 Å². The van der Waals surface area contributed by atoms with Gasteiger partial charge < -0.3 is 9.47 Å². The summed E-state index contributed by atoms with van der Waals surface area (Å²) in [6.45, 7) is 2.63. The lowest BCUT2D eigenvalue weighted by atomic mass is 10.1. The zero-order valence-corrected chi connectivity index (χ0v) is 15.1. The third kappa shape index (κ3) is 3.91. The number of rotatable bonds is 5. The molecule has 1 aliphatic rings. The van der Waals surface area contributed by atoms with Crippen molar-refractivity contribution in [3.05, 3.63) is 42.2 Å². The Morgan fingerprint density at radius 1 is 1.16 bits per heavy atom. The van der Waals surface area contributed by atoms with Crippen molar-refractivity contribution >= 4 is 10.0 Å². The molecule has 0 bridgehead atoms. The van der Waals surface area contributed by atoms with E-state index in [-0.39, 0.29) is 11.0 Å². The number of ether oxygens (including phenoxy) is 2. The molecule has 3 rings (SSSR count). The van der Waals surface area contributed by atoms with Crippen LogP contribution < -0.4 is 9.47 Å². The van der Waals surface area contributed by atoms with Crippen molar-refractivity contribution < 1.29 is 17.9 Å². The Kier molecular flexibility index (Phi) is 5.19. The monoisotopic (exact) mass is 363 g/mol. The van der Waals surface area contributed by atoms with E-state index in [1.807, 2.05) is 13.0 Å². The van der Waals surface area contributed by atoms with Crippen molar-refractivity contribution in [3.63, 3.8) is 0 Å². The van der Waals surface area contributed by atoms with Gasteiger partial charge in [0.1, 0.15) is 16.7 Å². The van der Waals surface area contributed by atoms with Crippen molar-refractivity contribution in [3.8, 4) is 11.8 Å². The lowest BCUT2D eigenvalue weighted by molar-refractivity contribution is 0.124. The normalized spacial score (nSPS) is 16.6. The molecule has 1 aromatic carbocycles. The van der Waals surface area contributed by atoms with E-state index in [4.69, 9.17) is 9.47 Å². The number of hydrogen-bond donors (Lipinski definition) is 0. The molecule has 1 aliphatic heterocycles. The van der Waals surface area contributed by atoms with Gasteiger partial charge in [-0.2, -0.15) is 4.31 Å². The Bertz CT molecular complexity index is 819. The molecule has 2 aromatic rings. The standard InChI is InChI=1S/C17H21N3O4S/c1-13-4-5-15(23-2)16(12-13)25(21,22)20-10-6-14(7-11-20)24-17-18-8-3-9-19-17/h3-5,8-9,12,14H,6-7,10-11H2,1-2H3. The molecule has 134 valence electrons. The maximum Gasteiger partial charge on any atom is 0.316 e. The molecule has 0 aliphatic carbocycles. The van der Waals surface area contributed by atoms with Gasteiger partial charge in [0, 0.05) is 25.5 Å². The fraction of sp³-hybridized carbons (Fsp3) is 0.412. The zero-order chi connectivity index (χ0) is 17.9. The van der Waals surface area contributed by atoms with Crippen molar-refractivity contribution in [1.82, 2.24) is 14.3 Å². The Morgan fingerprint density at radius 3 is 2.48 bits per heavy atom. The van der Waals surface area contributed by atoms with Crippen LogP contribution in [-0.4, -0.2) is 49.0 Å². The number of aryl methyl sites for hydroxylation is 1. The minimum atomic E-state index is -3.60. The highest BCUT2D eigenvalue weighted by molar-refractivity contribution is 7.89. The van der Waals surface area contributed by atoms with Gasteiger partial charge in [0.15, 0.2) is 0 Å². The van der Waals surface area contributed by atoms with E-state index in [0.29, 0.717) is 37.7 Å². The van der Waals surface area contributed by atoms with Crippen molar-refractivity contribution in [2.24, 2.45) is 0 Å². The van der Waals surface area contributed by atoms with E-state index in [2.05, 4.69) is 9.97 Å². The van der Waals surface area contributed by atoms with Crippen LogP contribution in [0.15, 0.2) is 41.6 Å². The second kappa shape index (κ2) is 7.37. The number of sulfonamides is 1. The predicted octanol–water partition coefficient (Wildman–Crippen LogP) is 2.03. The van der Waals surface area contributed by atoms with Gasteiger partial charge in [-0.25, -0.2) is 18.4 Å². The molecule has 25 heavy (non-hydrogen) atoms. The molecule has 2 heterocycles. The molecular formula is C17H21N3O4S. The number of methoxy groups -OCH3 is 1. The number of aromatic nitrogens is 2. The highest BCUT2D eigenvalue weighted by Crippen LogP contribution is 2.29. The van der Waals surface area contributed by atoms with Crippen LogP contribution in [0.1, 0.15) is 18.4 Å². The van der Waals surface area contributed by atoms with Crippen LogP contribution in [-0.2, 0) is 10.0 Å². The summed E-state index contributed by atoms with van der Waals surface area (Å²) in [5.74, 6) is 0.363. The quantitative estimate of drug-likeness (QED) is 0.808. The van der Waals surface area contributed by atoms with Gasteiger partial charge in [-0.1, -0.05) is 6.07 Å². The molecule has 7 nitrogen and oxygen atoms in total. The number of hydrogen-bond acceptors (Lipinski definition) is 6. The molecule has 0 radical (unpaired) electrons. The minimum absolute atomic E-state index is 0.0896. The summed E-state index contributed by atoms with van der Waals surface area (Å²) in [5, 5.41) is 0. The summed E-state index contributed by atoms with van der Waals surface area (Å²) in [4.78, 5) is 8.29. The molecule has 0 amide bonds. The average molecular weight is 363 g/mol. The third-order valence-electron chi connectivity index (χ3n) is 4.15. The molecular weight excluding hydrogens is 342 g/mol. The first kappa shape index (κ1) is 17.6. The largest absolute Gasteiger partial charge is 0.495 e. The first-order valence-corrected chi connectivity index (χ1v) is 9.53. The van der Waals surface area contributed by atoms with Gasteiger partial charge in [0.2, 0.25) is 10.0 Å². The van der Waals surface area contributed by atoms with Crippen molar-refractivity contribution in [1.29, 1.82) is 0 Å². The van der Waals surface area contributed by atoms with E-state index >= 15 is 0 Å². The highest BCUT2D eigenvalue weighted by atomic mass is 32.2. The Labute approximate surface area is 147 Å². The van der Waals surface area contributed by atoms with Gasteiger partial charge in [-0.15, -0.1) is 0 Å². The predicted molar refractivity (Wildman–Crippen MR) is 92.2 cm³/mol. The summed E-state index contributed by atoms with van der Waals surface area (Å²) < 4.78 is 38.4. The molecule has 0 spiro atoms. The lowest BCUT2D eigenvalue weighted by Crippen LogP contribution is -2.42. The van der Waals surface area contributed by atoms with E-state index < -0.39 is 10.0 Å². The minimum Gasteiger partial charge on any atom is -0.495 e. The first-order valence-electron chi connectivity index (χ1n) is 8.09. The molecule has 0 atom stereocenters. The van der Waals surface area contributed by atoms with E-state index in [1.165, 1.54) is 11.4 Å². The third-order valence-corrected chi connectivity index (χ3v) is 6.07. The average Bonchev–Trinajstić information content (AvgIpc) is 2.63. The molecule has 1 fully saturated rings. The Morgan fingerprint density at radius 2 is 1.84 bits per heavy atom. The van der Waals surface area contributed by atoms with E-state index in [9.17, 15) is 8.42 Å². The topological polar surface area (TPSA) is 81.6 Å². The molecule has 8 heteroatoms. The summed E-state index contributed by atoms with van der Waals surface area (Å²) in [5.41, 5.74) is 0.874. The molecule has 0 unspecified atom stereocenters. The molecule has 0 N–H and O–H groups in total. The van der Waals surface area contributed by atoms with Gasteiger partial charge >= 0.3 is 6.01 Å². The van der Waals surface area contributed by atoms with E-state index in [0.717, 1.165) is 5.56 Å². The summed E-state index contributed by atoms with van der Waals surface area (Å²) in [6.07, 6.45) is 4.32. The van der Waals surface area contributed by atoms with Crippen molar-refractivity contribution in [2.75, 3.05) is 20.2 Å². The summed E-state index contributed by atoms with van der Waals surface area (Å²) in [6, 6.07) is 7.21. The molecule has 1 saturated heterocycles. The van der Waals surface area contributed by atoms with Gasteiger partial charge in [0.05, 0.1) is 7.11 Å². The fourth-order valence-corrected chi connectivity index (χ4v) is 4.52. The molecule has 1 aromatic heterocycles. The van der Waals surface area contributed by atoms with Crippen LogP contribution in [0.25, 0.3) is 0 Å². The highest BCUT2D eigenvalue weighted by Gasteiger charge is 2.32. The SMILES string of the molecule is COc1ccc(C)cc1S(=O)(=O)N1CCC(Oc2ncccn2)CC1. The lowest BCUT2D eigenvalue weighted by Gasteiger charge is -2.31. The van der Waals surface area contributed by atoms with Crippen LogP contribution in [0.3, 0.4) is 0 Å². The number of piperidine rings is 1. The zero-order valence-electron chi connectivity index (χ0n) is 14.3. The smallest absolute Gasteiger partial charge is 0.316 e. The Hall–Kier alpha value is -2.19. The summed E-state index contributed by atoms with van der Waals surface area (Å²) in [7, 11) is -2.13. The second-order valence-electron chi connectivity index (χ2n) is 5.91. The van der Waals surface area contributed by atoms with Crippen LogP contribution >= 0.6 is 0 Å². The first-order chi connectivity index (χ1) is 12.0. The maximum absolute atomic E-state index is 13.0. The van der Waals surface area contributed by atoms with Crippen LogP contribution in [0, 0.1) is 6.92 Å². The van der Waals surface area contributed by atoms with Gasteiger partial charge in [0.25, 0.3) is 0 Å². The molecule has 0 saturated carbocycles. The Balaban J connectivity index is 1.71. The van der Waals surface area contributed by atoms with Crippen molar-refractivity contribution in [2.45, 2.75) is 30.8 Å². The van der Waals surface area contributed by atoms with Gasteiger partial charge in [-0.05, 0) is 43.5 Å². The van der Waals surface area contributed by atoms with Crippen LogP contribution in [0.2, 0.25) is 0 Å². The summed E-state index contributed by atoms with van der Waals surface area (Å²) >= 11 is 0. The maximum atomic E-state index is 13.0. The second-order valence-corrected chi connectivity index (χ2v) is 7.81. The number of nitrogens with zero attached hydrogens (tertiary/aromatic N) is 3. The number of benzene rings is 1. The van der Waals surface area contributed by atoms with Crippen LogP contribution in [0.4, 0.5) is 0 Å². The fourth-order valence-electron chi connectivity index (χ4n) is 2.81. The van der Waals surface area contributed by atoms with E-state index in [1.54, 1.807) is 30.6 Å².